The fourth-order valence-electron chi connectivity index (χ4n) is 2.33. The van der Waals surface area contributed by atoms with Gasteiger partial charge in [0.1, 0.15) is 0 Å². The number of nitrogens with one attached hydrogen (secondary N) is 2. The molecule has 1 amide bonds. The Kier molecular flexibility index (Phi) is 3.94. The van der Waals surface area contributed by atoms with Gasteiger partial charge in [-0.2, -0.15) is 10.2 Å². The van der Waals surface area contributed by atoms with Crippen LogP contribution in [0.3, 0.4) is 0 Å². The van der Waals surface area contributed by atoms with E-state index in [0.717, 1.165) is 30.5 Å². The molecule has 5 nitrogen and oxygen atoms in total. The van der Waals surface area contributed by atoms with Crippen molar-refractivity contribution >= 4 is 35.3 Å². The first-order valence-corrected chi connectivity index (χ1v) is 7.25. The van der Waals surface area contributed by atoms with Crippen molar-refractivity contribution in [3.63, 3.8) is 0 Å². The molecular formula is C14H12Cl2N4O. The maximum absolute atomic E-state index is 12.0. The van der Waals surface area contributed by atoms with Gasteiger partial charge in [-0.3, -0.25) is 9.89 Å². The standard InChI is InChI=1S/C14H12Cl2N4O/c15-9-5-4-8(11(16)6-9)7-17-20-14(21)13-10-2-1-3-12(10)18-19-13/h4-7H,1-3H2,(H,18,19)(H,20,21)/b17-7+. The van der Waals surface area contributed by atoms with Crippen molar-refractivity contribution in [2.24, 2.45) is 5.10 Å². The van der Waals surface area contributed by atoms with Gasteiger partial charge < -0.3 is 0 Å². The number of nitrogens with zero attached hydrogens (tertiary/aromatic N) is 2. The van der Waals surface area contributed by atoms with Crippen LogP contribution in [0.25, 0.3) is 0 Å². The van der Waals surface area contributed by atoms with Crippen LogP contribution in [0.1, 0.15) is 33.7 Å². The summed E-state index contributed by atoms with van der Waals surface area (Å²) in [7, 11) is 0. The molecule has 108 valence electrons. The van der Waals surface area contributed by atoms with Gasteiger partial charge in [0.15, 0.2) is 5.69 Å². The smallest absolute Gasteiger partial charge is 0.281 e. The van der Waals surface area contributed by atoms with E-state index in [1.165, 1.54) is 6.21 Å². The van der Waals surface area contributed by atoms with Crippen LogP contribution in [0.5, 0.6) is 0 Å². The van der Waals surface area contributed by atoms with E-state index in [-0.39, 0.29) is 5.91 Å². The maximum Gasteiger partial charge on any atom is 0.292 e. The van der Waals surface area contributed by atoms with E-state index in [2.05, 4.69) is 20.7 Å². The Hall–Kier alpha value is -1.85. The number of halogens is 2. The Morgan fingerprint density at radius 2 is 2.24 bits per heavy atom. The largest absolute Gasteiger partial charge is 0.292 e. The summed E-state index contributed by atoms with van der Waals surface area (Å²) < 4.78 is 0. The molecule has 0 bridgehead atoms. The normalized spacial score (nSPS) is 13.6. The number of aromatic amines is 1. The van der Waals surface area contributed by atoms with Crippen molar-refractivity contribution in [1.82, 2.24) is 15.6 Å². The number of benzene rings is 1. The van der Waals surface area contributed by atoms with E-state index in [9.17, 15) is 4.79 Å². The number of rotatable bonds is 3. The predicted octanol–water partition coefficient (Wildman–Crippen LogP) is 2.97. The average molecular weight is 323 g/mol. The lowest BCUT2D eigenvalue weighted by Crippen LogP contribution is -2.19. The van der Waals surface area contributed by atoms with Crippen molar-refractivity contribution in [1.29, 1.82) is 0 Å². The summed E-state index contributed by atoms with van der Waals surface area (Å²) in [5.74, 6) is -0.323. The number of amides is 1. The van der Waals surface area contributed by atoms with Gasteiger partial charge >= 0.3 is 0 Å². The first-order chi connectivity index (χ1) is 10.1. The lowest BCUT2D eigenvalue weighted by molar-refractivity contribution is 0.0949. The van der Waals surface area contributed by atoms with Gasteiger partial charge in [0.05, 0.1) is 11.2 Å². The van der Waals surface area contributed by atoms with Gasteiger partial charge in [-0.05, 0) is 31.4 Å². The lowest BCUT2D eigenvalue weighted by Gasteiger charge is -2.00. The number of aromatic nitrogens is 2. The minimum Gasteiger partial charge on any atom is -0.281 e. The van der Waals surface area contributed by atoms with E-state index in [1.54, 1.807) is 18.2 Å². The number of hydrogen-bond acceptors (Lipinski definition) is 3. The van der Waals surface area contributed by atoms with Gasteiger partial charge in [-0.25, -0.2) is 5.43 Å². The Morgan fingerprint density at radius 3 is 3.05 bits per heavy atom. The summed E-state index contributed by atoms with van der Waals surface area (Å²) in [4.78, 5) is 12.0. The third-order valence-electron chi connectivity index (χ3n) is 3.35. The lowest BCUT2D eigenvalue weighted by atomic mass is 10.2. The molecular weight excluding hydrogens is 311 g/mol. The van der Waals surface area contributed by atoms with E-state index in [1.807, 2.05) is 0 Å². The number of hydrazone groups is 1. The molecule has 0 atom stereocenters. The highest BCUT2D eigenvalue weighted by Crippen LogP contribution is 2.22. The third kappa shape index (κ3) is 2.94. The molecule has 7 heteroatoms. The molecule has 1 aromatic heterocycles. The molecule has 0 unspecified atom stereocenters. The van der Waals surface area contributed by atoms with Gasteiger partial charge in [0, 0.05) is 21.8 Å². The molecule has 1 aliphatic carbocycles. The zero-order valence-electron chi connectivity index (χ0n) is 11.0. The Labute approximate surface area is 131 Å². The monoisotopic (exact) mass is 322 g/mol. The molecule has 1 aromatic carbocycles. The van der Waals surface area contributed by atoms with Crippen molar-refractivity contribution in [2.45, 2.75) is 19.3 Å². The van der Waals surface area contributed by atoms with Crippen LogP contribution >= 0.6 is 23.2 Å². The van der Waals surface area contributed by atoms with Gasteiger partial charge in [-0.15, -0.1) is 0 Å². The van der Waals surface area contributed by atoms with Crippen LogP contribution < -0.4 is 5.43 Å². The Morgan fingerprint density at radius 1 is 1.38 bits per heavy atom. The quantitative estimate of drug-likeness (QED) is 0.673. The molecule has 3 rings (SSSR count). The summed E-state index contributed by atoms with van der Waals surface area (Å²) in [6.07, 6.45) is 4.34. The van der Waals surface area contributed by atoms with Crippen molar-refractivity contribution < 1.29 is 4.79 Å². The summed E-state index contributed by atoms with van der Waals surface area (Å²) in [5.41, 5.74) is 5.59. The molecule has 1 aliphatic rings. The van der Waals surface area contributed by atoms with Crippen molar-refractivity contribution in [2.75, 3.05) is 0 Å². The highest BCUT2D eigenvalue weighted by molar-refractivity contribution is 6.36. The van der Waals surface area contributed by atoms with E-state index < -0.39 is 0 Å². The zero-order chi connectivity index (χ0) is 14.8. The molecule has 0 saturated heterocycles. The van der Waals surface area contributed by atoms with Crippen LogP contribution in [-0.4, -0.2) is 22.3 Å². The number of H-pyrrole nitrogens is 1. The highest BCUT2D eigenvalue weighted by atomic mass is 35.5. The molecule has 2 aromatic rings. The number of carbonyl (C=O) groups is 1. The number of fused-ring (bicyclic) bond motifs is 1. The summed E-state index contributed by atoms with van der Waals surface area (Å²) in [5, 5.41) is 11.9. The fourth-order valence-corrected chi connectivity index (χ4v) is 2.78. The second kappa shape index (κ2) is 5.87. The van der Waals surface area contributed by atoms with Crippen LogP contribution in [-0.2, 0) is 12.8 Å². The molecule has 1 heterocycles. The Balaban J connectivity index is 1.69. The average Bonchev–Trinajstić information content (AvgIpc) is 3.03. The number of hydrogen-bond donors (Lipinski definition) is 2. The first-order valence-electron chi connectivity index (χ1n) is 6.49. The van der Waals surface area contributed by atoms with Crippen LogP contribution in [0.15, 0.2) is 23.3 Å². The van der Waals surface area contributed by atoms with Gasteiger partial charge in [0.25, 0.3) is 5.91 Å². The van der Waals surface area contributed by atoms with E-state index in [4.69, 9.17) is 23.2 Å². The first kappa shape index (κ1) is 14.1. The third-order valence-corrected chi connectivity index (χ3v) is 3.92. The molecule has 0 radical (unpaired) electrons. The fraction of sp³-hybridized carbons (Fsp3) is 0.214. The zero-order valence-corrected chi connectivity index (χ0v) is 12.5. The van der Waals surface area contributed by atoms with E-state index in [0.29, 0.717) is 21.3 Å². The number of carbonyl (C=O) groups excluding carboxylic acids is 1. The summed E-state index contributed by atoms with van der Waals surface area (Å²) in [6.45, 7) is 0. The molecule has 0 aliphatic heterocycles. The topological polar surface area (TPSA) is 70.1 Å². The number of aryl methyl sites for hydroxylation is 1. The molecule has 2 N–H and O–H groups in total. The van der Waals surface area contributed by atoms with Gasteiger partial charge in [-0.1, -0.05) is 29.3 Å². The predicted molar refractivity (Wildman–Crippen MR) is 82.1 cm³/mol. The highest BCUT2D eigenvalue weighted by Gasteiger charge is 2.22. The summed E-state index contributed by atoms with van der Waals surface area (Å²) in [6, 6.07) is 5.05. The molecule has 0 saturated carbocycles. The second-order valence-corrected chi connectivity index (χ2v) is 5.59. The summed E-state index contributed by atoms with van der Waals surface area (Å²) >= 11 is 11.8. The van der Waals surface area contributed by atoms with Crippen molar-refractivity contribution in [3.8, 4) is 0 Å². The van der Waals surface area contributed by atoms with E-state index >= 15 is 0 Å². The Bertz CT molecular complexity index is 724. The van der Waals surface area contributed by atoms with Crippen LogP contribution in [0.4, 0.5) is 0 Å². The van der Waals surface area contributed by atoms with Crippen LogP contribution in [0.2, 0.25) is 10.0 Å². The molecule has 21 heavy (non-hydrogen) atoms. The maximum atomic E-state index is 12.0. The minimum atomic E-state index is -0.323. The van der Waals surface area contributed by atoms with Gasteiger partial charge in [0.2, 0.25) is 0 Å². The van der Waals surface area contributed by atoms with Crippen molar-refractivity contribution in [3.05, 3.63) is 50.8 Å². The minimum absolute atomic E-state index is 0.323. The second-order valence-electron chi connectivity index (χ2n) is 4.75. The SMILES string of the molecule is O=C(N/N=C/c1ccc(Cl)cc1Cl)c1n[nH]c2c1CCC2. The molecule has 0 fully saturated rings. The molecule has 0 spiro atoms. The van der Waals surface area contributed by atoms with Crippen LogP contribution in [0, 0.1) is 0 Å².